The minimum atomic E-state index is -0.375. The molecule has 0 aliphatic heterocycles. The zero-order valence-corrected chi connectivity index (χ0v) is 5.00. The zero-order chi connectivity index (χ0) is 6.69. The normalized spacial score (nSPS) is 9.56. The molecular weight excluding hydrogens is 119 g/mol. The molecule has 0 atom stereocenters. The van der Waals surface area contributed by atoms with Gasteiger partial charge in [-0.05, 0) is 0 Å². The van der Waals surface area contributed by atoms with Crippen LogP contribution in [0.4, 0.5) is 4.39 Å². The van der Waals surface area contributed by atoms with Crippen molar-refractivity contribution in [1.82, 2.24) is 9.97 Å². The van der Waals surface area contributed by atoms with Gasteiger partial charge in [0.1, 0.15) is 6.33 Å². The molecule has 0 spiro atoms. The summed E-state index contributed by atoms with van der Waals surface area (Å²) in [4.78, 5) is 7.14. The monoisotopic (exact) mass is 125 g/mol. The second kappa shape index (κ2) is 2.53. The molecule has 0 fully saturated rings. The summed E-state index contributed by atoms with van der Waals surface area (Å²) < 4.78 is 12.4. The first-order chi connectivity index (χ1) is 4.34. The summed E-state index contributed by atoms with van der Waals surface area (Å²) in [6, 6.07) is 0. The zero-order valence-electron chi connectivity index (χ0n) is 5.00. The topological polar surface area (TPSA) is 25.8 Å². The summed E-state index contributed by atoms with van der Waals surface area (Å²) >= 11 is 0. The van der Waals surface area contributed by atoms with Crippen LogP contribution in [0.25, 0.3) is 0 Å². The Balaban J connectivity index is 3.01. The van der Waals surface area contributed by atoms with Gasteiger partial charge in [0.15, 0.2) is 5.82 Å². The van der Waals surface area contributed by atoms with Gasteiger partial charge in [0.25, 0.3) is 0 Å². The van der Waals surface area contributed by atoms with Gasteiger partial charge >= 0.3 is 0 Å². The molecule has 1 aromatic heterocycles. The van der Waals surface area contributed by atoms with Crippen LogP contribution in [0.1, 0.15) is 12.6 Å². The molecule has 1 radical (unpaired) electrons. The van der Waals surface area contributed by atoms with Crippen molar-refractivity contribution in [3.8, 4) is 0 Å². The van der Waals surface area contributed by atoms with Crippen molar-refractivity contribution >= 4 is 0 Å². The average Bonchev–Trinajstić information content (AvgIpc) is 1.89. The van der Waals surface area contributed by atoms with Gasteiger partial charge in [-0.1, -0.05) is 6.92 Å². The van der Waals surface area contributed by atoms with Crippen LogP contribution in [0, 0.1) is 12.2 Å². The molecular formula is C6H6FN2. The molecule has 0 bridgehead atoms. The lowest BCUT2D eigenvalue weighted by molar-refractivity contribution is 0.604. The molecule has 0 aliphatic carbocycles. The molecule has 0 unspecified atom stereocenters. The molecule has 2 nitrogen and oxygen atoms in total. The summed E-state index contributed by atoms with van der Waals surface area (Å²) in [6.07, 6.45) is 4.05. The highest BCUT2D eigenvalue weighted by molar-refractivity contribution is 5.09. The van der Waals surface area contributed by atoms with Crippen LogP contribution >= 0.6 is 0 Å². The quantitative estimate of drug-likeness (QED) is 0.563. The standard InChI is InChI=1S/C6H6FN2/c1-2-6-5(7)3-8-4-9-6/h2-4H,1H3. The molecule has 0 amide bonds. The van der Waals surface area contributed by atoms with Gasteiger partial charge in [0.2, 0.25) is 0 Å². The van der Waals surface area contributed by atoms with E-state index in [1.54, 1.807) is 13.3 Å². The third-order valence-electron chi connectivity index (χ3n) is 0.969. The van der Waals surface area contributed by atoms with Gasteiger partial charge in [-0.15, -0.1) is 0 Å². The van der Waals surface area contributed by atoms with E-state index in [4.69, 9.17) is 0 Å². The summed E-state index contributed by atoms with van der Waals surface area (Å²) in [5.74, 6) is -0.375. The predicted octanol–water partition coefficient (Wildman–Crippen LogP) is 1.19. The molecule has 0 aliphatic rings. The molecule has 3 heteroatoms. The van der Waals surface area contributed by atoms with Crippen LogP contribution in [0.15, 0.2) is 12.5 Å². The Morgan fingerprint density at radius 3 is 2.89 bits per heavy atom. The maximum absolute atomic E-state index is 12.4. The minimum absolute atomic E-state index is 0.352. The number of aromatic nitrogens is 2. The lowest BCUT2D eigenvalue weighted by Gasteiger charge is -1.92. The van der Waals surface area contributed by atoms with Crippen molar-refractivity contribution in [3.05, 3.63) is 30.5 Å². The van der Waals surface area contributed by atoms with Crippen LogP contribution in [0.3, 0.4) is 0 Å². The van der Waals surface area contributed by atoms with E-state index in [0.717, 1.165) is 6.20 Å². The number of hydrogen-bond acceptors (Lipinski definition) is 2. The van der Waals surface area contributed by atoms with Gasteiger partial charge in [-0.3, -0.25) is 0 Å². The van der Waals surface area contributed by atoms with Crippen LogP contribution in [0.5, 0.6) is 0 Å². The van der Waals surface area contributed by atoms with Crippen molar-refractivity contribution in [2.75, 3.05) is 0 Å². The van der Waals surface area contributed by atoms with Crippen LogP contribution in [0.2, 0.25) is 0 Å². The molecule has 1 aromatic rings. The average molecular weight is 125 g/mol. The Morgan fingerprint density at radius 1 is 1.67 bits per heavy atom. The smallest absolute Gasteiger partial charge is 0.163 e. The Morgan fingerprint density at radius 2 is 2.44 bits per heavy atom. The van der Waals surface area contributed by atoms with Crippen molar-refractivity contribution in [3.63, 3.8) is 0 Å². The predicted molar refractivity (Wildman–Crippen MR) is 31.1 cm³/mol. The molecule has 0 N–H and O–H groups in total. The van der Waals surface area contributed by atoms with E-state index in [9.17, 15) is 4.39 Å². The summed E-state index contributed by atoms with van der Waals surface area (Å²) in [6.45, 7) is 1.73. The highest BCUT2D eigenvalue weighted by Crippen LogP contribution is 2.01. The third kappa shape index (κ3) is 1.22. The summed E-state index contributed by atoms with van der Waals surface area (Å²) in [5, 5.41) is 0. The van der Waals surface area contributed by atoms with Gasteiger partial charge in [-0.2, -0.15) is 0 Å². The lowest BCUT2D eigenvalue weighted by atomic mass is 10.3. The van der Waals surface area contributed by atoms with Crippen molar-refractivity contribution in [2.24, 2.45) is 0 Å². The molecule has 9 heavy (non-hydrogen) atoms. The van der Waals surface area contributed by atoms with Crippen molar-refractivity contribution < 1.29 is 4.39 Å². The van der Waals surface area contributed by atoms with E-state index in [2.05, 4.69) is 9.97 Å². The second-order valence-corrected chi connectivity index (χ2v) is 1.54. The van der Waals surface area contributed by atoms with E-state index in [0.29, 0.717) is 5.69 Å². The Bertz CT molecular complexity index is 200. The van der Waals surface area contributed by atoms with E-state index >= 15 is 0 Å². The molecule has 47 valence electrons. The first kappa shape index (κ1) is 6.13. The largest absolute Gasteiger partial charge is 0.242 e. The molecule has 0 saturated carbocycles. The number of hydrogen-bond donors (Lipinski definition) is 0. The highest BCUT2D eigenvalue weighted by Gasteiger charge is 1.97. The number of rotatable bonds is 1. The Kier molecular flexibility index (Phi) is 1.72. The van der Waals surface area contributed by atoms with Crippen LogP contribution in [-0.2, 0) is 0 Å². The fourth-order valence-corrected chi connectivity index (χ4v) is 0.535. The Labute approximate surface area is 52.8 Å². The molecule has 0 saturated heterocycles. The first-order valence-electron chi connectivity index (χ1n) is 2.59. The molecule has 1 rings (SSSR count). The molecule has 1 heterocycles. The minimum Gasteiger partial charge on any atom is -0.242 e. The number of halogens is 1. The lowest BCUT2D eigenvalue weighted by Crippen LogP contribution is -1.90. The second-order valence-electron chi connectivity index (χ2n) is 1.54. The van der Waals surface area contributed by atoms with E-state index < -0.39 is 0 Å². The van der Waals surface area contributed by atoms with Crippen molar-refractivity contribution in [1.29, 1.82) is 0 Å². The Hall–Kier alpha value is -0.990. The summed E-state index contributed by atoms with van der Waals surface area (Å²) in [7, 11) is 0. The highest BCUT2D eigenvalue weighted by atomic mass is 19.1. The summed E-state index contributed by atoms with van der Waals surface area (Å²) in [5.41, 5.74) is 0.352. The third-order valence-corrected chi connectivity index (χ3v) is 0.969. The maximum Gasteiger partial charge on any atom is 0.163 e. The van der Waals surface area contributed by atoms with E-state index in [1.165, 1.54) is 6.33 Å². The molecule has 0 aromatic carbocycles. The van der Waals surface area contributed by atoms with Gasteiger partial charge < -0.3 is 0 Å². The van der Waals surface area contributed by atoms with Crippen LogP contribution in [-0.4, -0.2) is 9.97 Å². The van der Waals surface area contributed by atoms with E-state index in [-0.39, 0.29) is 5.82 Å². The van der Waals surface area contributed by atoms with Gasteiger partial charge in [0.05, 0.1) is 11.9 Å². The fourth-order valence-electron chi connectivity index (χ4n) is 0.535. The van der Waals surface area contributed by atoms with E-state index in [1.807, 2.05) is 0 Å². The SMILES string of the molecule is C[CH]c1ncncc1F. The van der Waals surface area contributed by atoms with Crippen LogP contribution < -0.4 is 0 Å². The fraction of sp³-hybridized carbons (Fsp3) is 0.167. The van der Waals surface area contributed by atoms with Gasteiger partial charge in [-0.25, -0.2) is 14.4 Å². The first-order valence-corrected chi connectivity index (χ1v) is 2.59. The maximum atomic E-state index is 12.4. The van der Waals surface area contributed by atoms with Crippen molar-refractivity contribution in [2.45, 2.75) is 6.92 Å². The van der Waals surface area contributed by atoms with Gasteiger partial charge in [0, 0.05) is 6.42 Å². The number of nitrogens with zero attached hydrogens (tertiary/aromatic N) is 2.